The molecule has 0 saturated carbocycles. The van der Waals surface area contributed by atoms with E-state index >= 15 is 0 Å². The Hall–Kier alpha value is -2.35. The number of benzene rings is 1. The number of pyridine rings is 1. The van der Waals surface area contributed by atoms with E-state index < -0.39 is 0 Å². The van der Waals surface area contributed by atoms with Crippen LogP contribution < -0.4 is 19.7 Å². The molecule has 3 heterocycles. The van der Waals surface area contributed by atoms with Crippen molar-refractivity contribution in [1.29, 1.82) is 0 Å². The van der Waals surface area contributed by atoms with Gasteiger partial charge in [0.05, 0.1) is 32.5 Å². The van der Waals surface area contributed by atoms with Crippen molar-refractivity contribution in [3.63, 3.8) is 0 Å². The first-order valence-corrected chi connectivity index (χ1v) is 11.6. The molecule has 2 fully saturated rings. The highest BCUT2D eigenvalue weighted by molar-refractivity contribution is 5.54. The summed E-state index contributed by atoms with van der Waals surface area (Å²) in [5.74, 6) is 2.71. The van der Waals surface area contributed by atoms with Crippen molar-refractivity contribution in [1.82, 2.24) is 15.2 Å². The van der Waals surface area contributed by atoms with Gasteiger partial charge in [0.15, 0.2) is 11.6 Å². The van der Waals surface area contributed by atoms with Crippen LogP contribution in [0.2, 0.25) is 0 Å². The van der Waals surface area contributed by atoms with Crippen molar-refractivity contribution >= 4 is 5.82 Å². The third kappa shape index (κ3) is 5.34. The second kappa shape index (κ2) is 10.5. The summed E-state index contributed by atoms with van der Waals surface area (Å²) in [7, 11) is 1.72. The van der Waals surface area contributed by atoms with Gasteiger partial charge in [-0.2, -0.15) is 0 Å². The van der Waals surface area contributed by atoms with Gasteiger partial charge in [-0.15, -0.1) is 0 Å². The van der Waals surface area contributed by atoms with E-state index in [0.29, 0.717) is 0 Å². The van der Waals surface area contributed by atoms with Crippen molar-refractivity contribution in [3.8, 4) is 11.5 Å². The number of para-hydroxylation sites is 1. The lowest BCUT2D eigenvalue weighted by molar-refractivity contribution is 0.0982. The van der Waals surface area contributed by atoms with Crippen molar-refractivity contribution in [2.75, 3.05) is 51.4 Å². The second-order valence-electron chi connectivity index (χ2n) is 8.93. The zero-order chi connectivity index (χ0) is 22.5. The molecule has 7 nitrogen and oxygen atoms in total. The summed E-state index contributed by atoms with van der Waals surface area (Å²) < 4.78 is 17.4. The molecular formula is C25H36N4O3. The minimum Gasteiger partial charge on any atom is -0.493 e. The Bertz CT molecular complexity index is 891. The van der Waals surface area contributed by atoms with Gasteiger partial charge in [0, 0.05) is 50.5 Å². The number of ether oxygens (including phenoxy) is 3. The van der Waals surface area contributed by atoms with Crippen molar-refractivity contribution in [2.24, 2.45) is 0 Å². The predicted octanol–water partition coefficient (Wildman–Crippen LogP) is 3.25. The Morgan fingerprint density at radius 1 is 1.22 bits per heavy atom. The van der Waals surface area contributed by atoms with E-state index in [1.54, 1.807) is 7.11 Å². The highest BCUT2D eigenvalue weighted by Crippen LogP contribution is 2.31. The summed E-state index contributed by atoms with van der Waals surface area (Å²) in [4.78, 5) is 9.55. The molecule has 32 heavy (non-hydrogen) atoms. The molecular weight excluding hydrogens is 404 g/mol. The van der Waals surface area contributed by atoms with E-state index in [2.05, 4.69) is 60.2 Å². The highest BCUT2D eigenvalue weighted by Gasteiger charge is 2.26. The monoisotopic (exact) mass is 440 g/mol. The van der Waals surface area contributed by atoms with E-state index in [4.69, 9.17) is 19.2 Å². The number of anilines is 1. The van der Waals surface area contributed by atoms with E-state index in [1.807, 2.05) is 12.3 Å². The largest absolute Gasteiger partial charge is 0.493 e. The first kappa shape index (κ1) is 22.8. The molecule has 0 radical (unpaired) electrons. The summed E-state index contributed by atoms with van der Waals surface area (Å²) in [6.07, 6.45) is 2.15. The van der Waals surface area contributed by atoms with Crippen LogP contribution in [-0.4, -0.2) is 68.5 Å². The van der Waals surface area contributed by atoms with Crippen LogP contribution in [0.15, 0.2) is 36.5 Å². The maximum atomic E-state index is 6.06. The summed E-state index contributed by atoms with van der Waals surface area (Å²) >= 11 is 0. The predicted molar refractivity (Wildman–Crippen MR) is 127 cm³/mol. The molecule has 0 aliphatic carbocycles. The van der Waals surface area contributed by atoms with Crippen LogP contribution in [0.1, 0.15) is 37.9 Å². The number of nitrogens with one attached hydrogen (secondary N) is 1. The van der Waals surface area contributed by atoms with Gasteiger partial charge >= 0.3 is 0 Å². The SMILES string of the molecule is COc1cc(CN2CCNC(c3ccccc3OC(C)C)C2)cnc1N1CCOCC1C. The summed E-state index contributed by atoms with van der Waals surface area (Å²) in [5.41, 5.74) is 2.39. The number of methoxy groups -OCH3 is 1. The number of morpholine rings is 1. The first-order chi connectivity index (χ1) is 15.5. The standard InChI is InChI=1S/C25H36N4O3/c1-18(2)32-23-8-6-5-7-21(23)22-16-28(10-9-26-22)15-20-13-24(30-4)25(27-14-20)29-11-12-31-17-19(29)3/h5-8,13-14,18-19,22,26H,9-12,15-17H2,1-4H3. The Labute approximate surface area is 191 Å². The summed E-state index contributed by atoms with van der Waals surface area (Å²) in [5, 5.41) is 3.66. The van der Waals surface area contributed by atoms with Crippen LogP contribution in [0, 0.1) is 0 Å². The first-order valence-electron chi connectivity index (χ1n) is 11.6. The van der Waals surface area contributed by atoms with E-state index in [-0.39, 0.29) is 18.2 Å². The lowest BCUT2D eigenvalue weighted by Gasteiger charge is -2.36. The fraction of sp³-hybridized carbons (Fsp3) is 0.560. The minimum atomic E-state index is 0.155. The van der Waals surface area contributed by atoms with Crippen LogP contribution in [0.25, 0.3) is 0 Å². The van der Waals surface area contributed by atoms with Crippen LogP contribution in [0.5, 0.6) is 11.5 Å². The van der Waals surface area contributed by atoms with E-state index in [0.717, 1.165) is 63.3 Å². The van der Waals surface area contributed by atoms with Gasteiger partial charge in [-0.3, -0.25) is 4.90 Å². The van der Waals surface area contributed by atoms with Gasteiger partial charge in [0.25, 0.3) is 0 Å². The zero-order valence-corrected chi connectivity index (χ0v) is 19.7. The third-order valence-corrected chi connectivity index (χ3v) is 6.07. The molecule has 1 N–H and O–H groups in total. The Morgan fingerprint density at radius 2 is 2.06 bits per heavy atom. The number of aromatic nitrogens is 1. The third-order valence-electron chi connectivity index (χ3n) is 6.07. The van der Waals surface area contributed by atoms with Crippen LogP contribution in [-0.2, 0) is 11.3 Å². The van der Waals surface area contributed by atoms with Gasteiger partial charge in [-0.25, -0.2) is 4.98 Å². The van der Waals surface area contributed by atoms with Crippen molar-refractivity contribution in [3.05, 3.63) is 47.7 Å². The number of rotatable bonds is 7. The number of piperazine rings is 1. The fourth-order valence-corrected chi connectivity index (χ4v) is 4.52. The Kier molecular flexibility index (Phi) is 7.50. The molecule has 174 valence electrons. The van der Waals surface area contributed by atoms with Crippen LogP contribution in [0.4, 0.5) is 5.82 Å². The Morgan fingerprint density at radius 3 is 2.84 bits per heavy atom. The minimum absolute atomic E-state index is 0.155. The maximum Gasteiger partial charge on any atom is 0.171 e. The molecule has 2 aliphatic rings. The van der Waals surface area contributed by atoms with Crippen LogP contribution >= 0.6 is 0 Å². The number of hydrogen-bond acceptors (Lipinski definition) is 7. The molecule has 2 unspecified atom stereocenters. The molecule has 7 heteroatoms. The van der Waals surface area contributed by atoms with E-state index in [9.17, 15) is 0 Å². The summed E-state index contributed by atoms with van der Waals surface area (Å²) in [6, 6.07) is 11.0. The maximum absolute atomic E-state index is 6.06. The summed E-state index contributed by atoms with van der Waals surface area (Å²) in [6.45, 7) is 12.3. The zero-order valence-electron chi connectivity index (χ0n) is 19.7. The fourth-order valence-electron chi connectivity index (χ4n) is 4.52. The average molecular weight is 441 g/mol. The van der Waals surface area contributed by atoms with Crippen molar-refractivity contribution < 1.29 is 14.2 Å². The van der Waals surface area contributed by atoms with E-state index in [1.165, 1.54) is 11.1 Å². The molecule has 2 saturated heterocycles. The average Bonchev–Trinajstić information content (AvgIpc) is 2.80. The topological polar surface area (TPSA) is 59.1 Å². The molecule has 1 aromatic heterocycles. The molecule has 1 aromatic carbocycles. The molecule has 0 spiro atoms. The number of nitrogens with zero attached hydrogens (tertiary/aromatic N) is 3. The molecule has 2 aromatic rings. The molecule has 2 atom stereocenters. The van der Waals surface area contributed by atoms with Crippen molar-refractivity contribution in [2.45, 2.75) is 45.5 Å². The van der Waals surface area contributed by atoms with Gasteiger partial charge < -0.3 is 24.4 Å². The Balaban J connectivity index is 1.46. The van der Waals surface area contributed by atoms with Gasteiger partial charge in [-0.1, -0.05) is 18.2 Å². The smallest absolute Gasteiger partial charge is 0.171 e. The second-order valence-corrected chi connectivity index (χ2v) is 8.93. The molecule has 2 aliphatic heterocycles. The molecule has 0 amide bonds. The molecule has 0 bridgehead atoms. The van der Waals surface area contributed by atoms with Gasteiger partial charge in [0.2, 0.25) is 0 Å². The van der Waals surface area contributed by atoms with Gasteiger partial charge in [0.1, 0.15) is 5.75 Å². The van der Waals surface area contributed by atoms with Gasteiger partial charge in [-0.05, 0) is 38.5 Å². The number of hydrogen-bond donors (Lipinski definition) is 1. The highest BCUT2D eigenvalue weighted by atomic mass is 16.5. The molecule has 4 rings (SSSR count). The lowest BCUT2D eigenvalue weighted by atomic mass is 10.0. The quantitative estimate of drug-likeness (QED) is 0.709. The lowest BCUT2D eigenvalue weighted by Crippen LogP contribution is -2.45. The normalized spacial score (nSPS) is 22.2. The van der Waals surface area contributed by atoms with Crippen LogP contribution in [0.3, 0.4) is 0 Å².